The van der Waals surface area contributed by atoms with Crippen molar-refractivity contribution in [3.8, 4) is 0 Å². The van der Waals surface area contributed by atoms with E-state index in [0.29, 0.717) is 0 Å². The molecule has 2 heterocycles. The lowest BCUT2D eigenvalue weighted by Gasteiger charge is -2.49. The van der Waals surface area contributed by atoms with Gasteiger partial charge in [0, 0.05) is 43.3 Å². The molecule has 0 radical (unpaired) electrons. The minimum atomic E-state index is 0.141. The van der Waals surface area contributed by atoms with Gasteiger partial charge in [0.2, 0.25) is 0 Å². The molecule has 3 heteroatoms. The molecule has 3 aromatic rings. The second-order valence-electron chi connectivity index (χ2n) is 12.2. The van der Waals surface area contributed by atoms with E-state index in [1.54, 1.807) is 0 Å². The number of hydrogen-bond donors (Lipinski definition) is 2. The summed E-state index contributed by atoms with van der Waals surface area (Å²) in [5, 5.41) is 8.64. The number of hydrogen-bond acceptors (Lipinski definition) is 3. The van der Waals surface area contributed by atoms with Crippen molar-refractivity contribution in [3.05, 3.63) is 108 Å². The van der Waals surface area contributed by atoms with Crippen LogP contribution in [0.25, 0.3) is 0 Å². The summed E-state index contributed by atoms with van der Waals surface area (Å²) in [7, 11) is 0. The van der Waals surface area contributed by atoms with Gasteiger partial charge in [0.1, 0.15) is 0 Å². The van der Waals surface area contributed by atoms with Gasteiger partial charge in [-0.25, -0.2) is 0 Å². The van der Waals surface area contributed by atoms with Crippen LogP contribution in [0.15, 0.2) is 91.0 Å². The Morgan fingerprint density at radius 1 is 0.571 bits per heavy atom. The molecule has 2 aliphatic heterocycles. The van der Waals surface area contributed by atoms with Crippen molar-refractivity contribution in [3.63, 3.8) is 0 Å². The molecule has 7 fully saturated rings. The van der Waals surface area contributed by atoms with Crippen molar-refractivity contribution in [2.24, 2.45) is 47.3 Å². The molecular formula is C32H33N3. The summed E-state index contributed by atoms with van der Waals surface area (Å²) in [6.45, 7) is 2.99. The van der Waals surface area contributed by atoms with Crippen LogP contribution in [-0.4, -0.2) is 16.2 Å². The monoisotopic (exact) mass is 459 g/mol. The van der Waals surface area contributed by atoms with Crippen molar-refractivity contribution < 1.29 is 0 Å². The first-order valence-electron chi connectivity index (χ1n) is 13.7. The van der Waals surface area contributed by atoms with E-state index in [1.807, 2.05) is 0 Å². The summed E-state index contributed by atoms with van der Waals surface area (Å²) >= 11 is 0. The lowest BCUT2D eigenvalue weighted by atomic mass is 9.57. The van der Waals surface area contributed by atoms with Crippen molar-refractivity contribution in [1.82, 2.24) is 15.5 Å². The van der Waals surface area contributed by atoms with Crippen LogP contribution < -0.4 is 10.6 Å². The first kappa shape index (κ1) is 19.7. The van der Waals surface area contributed by atoms with E-state index in [9.17, 15) is 0 Å². The molecule has 35 heavy (non-hydrogen) atoms. The maximum absolute atomic E-state index is 4.32. The van der Waals surface area contributed by atoms with Gasteiger partial charge in [-0.2, -0.15) is 0 Å². The molecule has 2 N–H and O–H groups in total. The fourth-order valence-electron chi connectivity index (χ4n) is 11.0. The zero-order valence-corrected chi connectivity index (χ0v) is 20.1. The van der Waals surface area contributed by atoms with Gasteiger partial charge in [-0.3, -0.25) is 15.5 Å². The van der Waals surface area contributed by atoms with E-state index in [0.717, 1.165) is 67.0 Å². The number of nitrogens with zero attached hydrogens (tertiary/aromatic N) is 1. The molecule has 3 aromatic carbocycles. The molecule has 10 rings (SSSR count). The van der Waals surface area contributed by atoms with Gasteiger partial charge in [0.15, 0.2) is 0 Å². The second kappa shape index (κ2) is 6.64. The van der Waals surface area contributed by atoms with Crippen LogP contribution in [0.5, 0.6) is 0 Å². The maximum atomic E-state index is 4.32. The molecule has 176 valence electrons. The molecule has 0 amide bonds. The Kier molecular flexibility index (Phi) is 3.74. The third kappa shape index (κ3) is 2.13. The van der Waals surface area contributed by atoms with Crippen molar-refractivity contribution in [1.29, 1.82) is 0 Å². The first-order chi connectivity index (χ1) is 17.3. The second-order valence-corrected chi connectivity index (χ2v) is 12.2. The van der Waals surface area contributed by atoms with Gasteiger partial charge in [-0.1, -0.05) is 91.0 Å². The fourth-order valence-corrected chi connectivity index (χ4v) is 11.0. The van der Waals surface area contributed by atoms with Gasteiger partial charge < -0.3 is 0 Å². The Labute approximate surface area is 207 Å². The van der Waals surface area contributed by atoms with E-state index in [2.05, 4.69) is 107 Å². The molecule has 0 aromatic heterocycles. The van der Waals surface area contributed by atoms with Crippen LogP contribution >= 0.6 is 0 Å². The standard InChI is InChI=1S/C32H33N3/c1-4-10-20(11-5-1)17-33-31-27-23-16-24-26-25(23)29(31)30(26)32(28(24)27,34-18-21-12-6-2-7-13-21)35(31)19-22-14-8-3-9-15-22/h1-15,23-30,33-34H,16-19H2/t23-,24+,25-,26+,27-,28-,29+,30+,31+,32-/m0/s1. The molecule has 10 atom stereocenters. The predicted octanol–water partition coefficient (Wildman–Crippen LogP) is 4.86. The Bertz CT molecular complexity index is 1190. The summed E-state index contributed by atoms with van der Waals surface area (Å²) in [6, 6.07) is 33.4. The van der Waals surface area contributed by atoms with Gasteiger partial charge >= 0.3 is 0 Å². The van der Waals surface area contributed by atoms with Gasteiger partial charge in [0.25, 0.3) is 0 Å². The number of benzene rings is 3. The molecule has 3 nitrogen and oxygen atoms in total. The minimum Gasteiger partial charge on any atom is -0.294 e. The Hall–Kier alpha value is -2.46. The maximum Gasteiger partial charge on any atom is 0.0804 e. The Morgan fingerprint density at radius 3 is 1.46 bits per heavy atom. The summed E-state index contributed by atoms with van der Waals surface area (Å²) in [5.74, 6) is 7.04. The average Bonchev–Trinajstić information content (AvgIpc) is 3.56. The normalized spacial score (nSPS) is 44.6. The molecule has 5 saturated carbocycles. The first-order valence-corrected chi connectivity index (χ1v) is 13.7. The summed E-state index contributed by atoms with van der Waals surface area (Å²) < 4.78 is 0. The number of nitrogens with one attached hydrogen (secondary N) is 2. The largest absolute Gasteiger partial charge is 0.294 e. The lowest BCUT2D eigenvalue weighted by molar-refractivity contribution is -0.00775. The molecule has 0 spiro atoms. The summed E-state index contributed by atoms with van der Waals surface area (Å²) in [4.78, 5) is 3.00. The topological polar surface area (TPSA) is 27.3 Å². The molecule has 2 saturated heterocycles. The summed E-state index contributed by atoms with van der Waals surface area (Å²) in [5.41, 5.74) is 4.56. The molecule has 5 aliphatic carbocycles. The van der Waals surface area contributed by atoms with Crippen LogP contribution in [0.3, 0.4) is 0 Å². The van der Waals surface area contributed by atoms with E-state index >= 15 is 0 Å². The van der Waals surface area contributed by atoms with Crippen molar-refractivity contribution in [2.75, 3.05) is 0 Å². The molecule has 4 bridgehead atoms. The lowest BCUT2D eigenvalue weighted by Crippen LogP contribution is -2.61. The third-order valence-corrected chi connectivity index (χ3v) is 11.4. The van der Waals surface area contributed by atoms with E-state index in [-0.39, 0.29) is 11.3 Å². The Morgan fingerprint density at radius 2 is 1.00 bits per heavy atom. The highest BCUT2D eigenvalue weighted by Gasteiger charge is 2.98. The van der Waals surface area contributed by atoms with Crippen LogP contribution in [0, 0.1) is 47.3 Å². The molecular weight excluding hydrogens is 426 g/mol. The zero-order valence-electron chi connectivity index (χ0n) is 20.1. The highest BCUT2D eigenvalue weighted by molar-refractivity contribution is 5.47. The minimum absolute atomic E-state index is 0.141. The quantitative estimate of drug-likeness (QED) is 0.504. The zero-order chi connectivity index (χ0) is 22.8. The van der Waals surface area contributed by atoms with Crippen LogP contribution in [0.2, 0.25) is 0 Å². The van der Waals surface area contributed by atoms with E-state index in [4.69, 9.17) is 0 Å². The van der Waals surface area contributed by atoms with E-state index < -0.39 is 0 Å². The van der Waals surface area contributed by atoms with E-state index in [1.165, 1.54) is 23.1 Å². The smallest absolute Gasteiger partial charge is 0.0804 e. The average molecular weight is 460 g/mol. The highest BCUT2D eigenvalue weighted by atomic mass is 15.5. The van der Waals surface area contributed by atoms with Crippen molar-refractivity contribution >= 4 is 0 Å². The SMILES string of the molecule is c1ccc(CN[C@]23[C@@H]4[C@H]5[C@@H]6C[C@@H]7[C@H]5[C@H]4[C@](NCc4ccccc4)([C@@H]7[C@H]62)N3Cc2ccccc2)cc1. The van der Waals surface area contributed by atoms with Gasteiger partial charge in [0.05, 0.1) is 11.3 Å². The summed E-state index contributed by atoms with van der Waals surface area (Å²) in [6.07, 6.45) is 1.50. The predicted molar refractivity (Wildman–Crippen MR) is 137 cm³/mol. The van der Waals surface area contributed by atoms with Crippen molar-refractivity contribution in [2.45, 2.75) is 37.4 Å². The van der Waals surface area contributed by atoms with Gasteiger partial charge in [-0.05, 0) is 46.8 Å². The Balaban J connectivity index is 1.16. The van der Waals surface area contributed by atoms with Crippen LogP contribution in [0.4, 0.5) is 0 Å². The molecule has 7 aliphatic rings. The highest BCUT2D eigenvalue weighted by Crippen LogP contribution is 2.92. The van der Waals surface area contributed by atoms with Gasteiger partial charge in [-0.15, -0.1) is 0 Å². The third-order valence-electron chi connectivity index (χ3n) is 11.4. The number of rotatable bonds is 8. The van der Waals surface area contributed by atoms with Crippen LogP contribution in [0.1, 0.15) is 23.1 Å². The molecule has 0 unspecified atom stereocenters. The fraction of sp³-hybridized carbons (Fsp3) is 0.438. The van der Waals surface area contributed by atoms with Crippen LogP contribution in [-0.2, 0) is 19.6 Å².